The molecule has 0 saturated heterocycles. The van der Waals surface area contributed by atoms with Gasteiger partial charge in [-0.25, -0.2) is 4.99 Å². The Bertz CT molecular complexity index is 963. The van der Waals surface area contributed by atoms with E-state index in [4.69, 9.17) is 0 Å². The maximum atomic E-state index is 9.58. The topological polar surface area (TPSA) is 36.1 Å². The van der Waals surface area contributed by atoms with E-state index in [0.29, 0.717) is 11.2 Å². The van der Waals surface area contributed by atoms with Crippen LogP contribution in [0.1, 0.15) is 58.9 Å². The fourth-order valence-electron chi connectivity index (χ4n) is 4.04. The minimum Gasteiger partial charge on any atom is -0.250 e. The van der Waals surface area contributed by atoms with E-state index in [1.165, 1.54) is 36.0 Å². The molecule has 1 heterocycles. The summed E-state index contributed by atoms with van der Waals surface area (Å²) in [5, 5.41) is 10.9. The number of rotatable bonds is 4. The lowest BCUT2D eigenvalue weighted by atomic mass is 9.97. The zero-order chi connectivity index (χ0) is 18.8. The van der Waals surface area contributed by atoms with Crippen LogP contribution in [0.15, 0.2) is 53.7 Å². The Morgan fingerprint density at radius 3 is 2.93 bits per heavy atom. The van der Waals surface area contributed by atoms with Crippen LogP contribution >= 0.6 is 11.8 Å². The minimum absolute atomic E-state index is 0.298. The molecule has 1 atom stereocenters. The fraction of sp³-hybridized carbons (Fsp3) is 0.333. The van der Waals surface area contributed by atoms with Crippen molar-refractivity contribution < 1.29 is 0 Å². The summed E-state index contributed by atoms with van der Waals surface area (Å²) >= 11 is 1.80. The fourth-order valence-corrected chi connectivity index (χ4v) is 5.16. The summed E-state index contributed by atoms with van der Waals surface area (Å²) in [5.74, 6) is 0.539. The molecule has 136 valence electrons. The highest BCUT2D eigenvalue weighted by Gasteiger charge is 2.23. The van der Waals surface area contributed by atoms with Gasteiger partial charge < -0.3 is 0 Å². The van der Waals surface area contributed by atoms with E-state index in [1.54, 1.807) is 11.8 Å². The Morgan fingerprint density at radius 2 is 2.11 bits per heavy atom. The summed E-state index contributed by atoms with van der Waals surface area (Å²) < 4.78 is 0. The molecule has 0 spiro atoms. The molecule has 0 N–H and O–H groups in total. The third-order valence-corrected chi connectivity index (χ3v) is 6.51. The summed E-state index contributed by atoms with van der Waals surface area (Å²) in [6.07, 6.45) is 8.71. The molecule has 0 radical (unpaired) electrons. The van der Waals surface area contributed by atoms with E-state index in [-0.39, 0.29) is 0 Å². The average molecular weight is 373 g/mol. The molecule has 3 heteroatoms. The van der Waals surface area contributed by atoms with E-state index < -0.39 is 0 Å². The van der Waals surface area contributed by atoms with E-state index in [0.717, 1.165) is 28.2 Å². The predicted octanol–water partition coefficient (Wildman–Crippen LogP) is 5.99. The van der Waals surface area contributed by atoms with Crippen molar-refractivity contribution in [1.29, 1.82) is 5.26 Å². The maximum absolute atomic E-state index is 9.58. The molecule has 2 nitrogen and oxygen atoms in total. The molecule has 0 fully saturated rings. The molecule has 0 saturated carbocycles. The van der Waals surface area contributed by atoms with Crippen LogP contribution in [0.3, 0.4) is 0 Å². The van der Waals surface area contributed by atoms with Crippen LogP contribution in [-0.4, -0.2) is 5.04 Å². The molecule has 1 unspecified atom stereocenters. The van der Waals surface area contributed by atoms with Crippen molar-refractivity contribution in [2.45, 2.75) is 44.8 Å². The van der Waals surface area contributed by atoms with E-state index >= 15 is 0 Å². The van der Waals surface area contributed by atoms with Gasteiger partial charge in [-0.1, -0.05) is 55.9 Å². The molecule has 2 aromatic carbocycles. The third kappa shape index (κ3) is 3.73. The third-order valence-electron chi connectivity index (χ3n) is 5.29. The average Bonchev–Trinajstić information content (AvgIpc) is 3.17. The van der Waals surface area contributed by atoms with Gasteiger partial charge in [0.2, 0.25) is 0 Å². The van der Waals surface area contributed by atoms with Crippen molar-refractivity contribution in [3.63, 3.8) is 0 Å². The molecule has 0 bridgehead atoms. The van der Waals surface area contributed by atoms with Gasteiger partial charge in [-0.3, -0.25) is 0 Å². The molecule has 27 heavy (non-hydrogen) atoms. The van der Waals surface area contributed by atoms with Gasteiger partial charge in [-0.05, 0) is 66.0 Å². The van der Waals surface area contributed by atoms with Crippen LogP contribution in [0.4, 0.5) is 0 Å². The van der Waals surface area contributed by atoms with Gasteiger partial charge in [-0.15, -0.1) is 0 Å². The monoisotopic (exact) mass is 372 g/mol. The molecule has 2 aliphatic rings. The Hall–Kier alpha value is -2.31. The number of aryl methyl sites for hydroxylation is 1. The highest BCUT2D eigenvalue weighted by atomic mass is 32.2. The SMILES string of the molecule is CC(C)Cc1ccc(C2=NC=CC(c3cccc4c3CCC4)S2)cc1C#N. The lowest BCUT2D eigenvalue weighted by Gasteiger charge is -2.20. The van der Waals surface area contributed by atoms with Crippen LogP contribution in [0.2, 0.25) is 0 Å². The first-order valence-corrected chi connectivity index (χ1v) is 10.6. The van der Waals surface area contributed by atoms with Crippen LogP contribution in [0.25, 0.3) is 0 Å². The highest BCUT2D eigenvalue weighted by Crippen LogP contribution is 2.40. The molecule has 4 rings (SSSR count). The number of nitriles is 1. The lowest BCUT2D eigenvalue weighted by Crippen LogP contribution is -2.07. The first-order valence-electron chi connectivity index (χ1n) is 9.71. The Labute approximate surface area is 166 Å². The highest BCUT2D eigenvalue weighted by molar-refractivity contribution is 8.14. The van der Waals surface area contributed by atoms with Gasteiger partial charge >= 0.3 is 0 Å². The van der Waals surface area contributed by atoms with Gasteiger partial charge in [0.05, 0.1) is 16.9 Å². The number of thioether (sulfide) groups is 1. The minimum atomic E-state index is 0.298. The molecule has 1 aliphatic heterocycles. The number of nitrogens with zero attached hydrogens (tertiary/aromatic N) is 2. The Kier molecular flexibility index (Phi) is 5.18. The molecule has 0 amide bonds. The molecular formula is C24H24N2S. The number of benzene rings is 2. The van der Waals surface area contributed by atoms with E-state index in [1.807, 2.05) is 12.3 Å². The molecule has 0 aromatic heterocycles. The molecule has 2 aromatic rings. The second-order valence-corrected chi connectivity index (χ2v) is 8.86. The van der Waals surface area contributed by atoms with E-state index in [9.17, 15) is 5.26 Å². The molecular weight excluding hydrogens is 348 g/mol. The lowest BCUT2D eigenvalue weighted by molar-refractivity contribution is 0.646. The number of hydrogen-bond donors (Lipinski definition) is 0. The maximum Gasteiger partial charge on any atom is 0.104 e. The zero-order valence-corrected chi connectivity index (χ0v) is 16.7. The van der Waals surface area contributed by atoms with Crippen LogP contribution in [-0.2, 0) is 19.3 Å². The van der Waals surface area contributed by atoms with Gasteiger partial charge in [0.25, 0.3) is 0 Å². The smallest absolute Gasteiger partial charge is 0.104 e. The standard InChI is InChI=1S/C24H24N2S/c1-16(2)13-18-9-10-19(14-20(18)15-25)24-26-12-11-23(27-24)22-8-4-6-17-5-3-7-21(17)22/h4,6,8-12,14,16,23H,3,5,7,13H2,1-2H3. The Morgan fingerprint density at radius 1 is 1.22 bits per heavy atom. The first kappa shape index (κ1) is 18.1. The number of hydrogen-bond acceptors (Lipinski definition) is 3. The van der Waals surface area contributed by atoms with Crippen LogP contribution < -0.4 is 0 Å². The quantitative estimate of drug-likeness (QED) is 0.660. The van der Waals surface area contributed by atoms with Crippen LogP contribution in [0.5, 0.6) is 0 Å². The van der Waals surface area contributed by atoms with Crippen molar-refractivity contribution >= 4 is 16.8 Å². The van der Waals surface area contributed by atoms with Crippen LogP contribution in [0, 0.1) is 17.2 Å². The summed E-state index contributed by atoms with van der Waals surface area (Å²) in [7, 11) is 0. The van der Waals surface area contributed by atoms with Gasteiger partial charge in [0.15, 0.2) is 0 Å². The first-order chi connectivity index (χ1) is 13.2. The van der Waals surface area contributed by atoms with E-state index in [2.05, 4.69) is 61.3 Å². The van der Waals surface area contributed by atoms with Crippen molar-refractivity contribution in [1.82, 2.24) is 0 Å². The summed E-state index contributed by atoms with van der Waals surface area (Å²) in [4.78, 5) is 4.62. The van der Waals surface area contributed by atoms with Gasteiger partial charge in [-0.2, -0.15) is 5.26 Å². The van der Waals surface area contributed by atoms with Crippen molar-refractivity contribution in [3.8, 4) is 6.07 Å². The number of fused-ring (bicyclic) bond motifs is 1. The van der Waals surface area contributed by atoms with Gasteiger partial charge in [0, 0.05) is 11.8 Å². The summed E-state index contributed by atoms with van der Waals surface area (Å²) in [6.45, 7) is 4.37. The Balaban J connectivity index is 1.61. The largest absolute Gasteiger partial charge is 0.250 e. The second kappa shape index (κ2) is 7.74. The van der Waals surface area contributed by atoms with Crippen molar-refractivity contribution in [3.05, 3.63) is 82.1 Å². The summed E-state index contributed by atoms with van der Waals surface area (Å²) in [6, 6.07) is 15.3. The normalized spacial score (nSPS) is 18.3. The second-order valence-electron chi connectivity index (χ2n) is 7.73. The van der Waals surface area contributed by atoms with Crippen molar-refractivity contribution in [2.24, 2.45) is 10.9 Å². The zero-order valence-electron chi connectivity index (χ0n) is 15.9. The van der Waals surface area contributed by atoms with Crippen molar-refractivity contribution in [2.75, 3.05) is 0 Å². The summed E-state index contributed by atoms with van der Waals surface area (Å²) in [5.41, 5.74) is 7.42. The van der Waals surface area contributed by atoms with Gasteiger partial charge in [0.1, 0.15) is 5.04 Å². The predicted molar refractivity (Wildman–Crippen MR) is 114 cm³/mol. The molecule has 1 aliphatic carbocycles. The number of aliphatic imine (C=N–C) groups is 1.